The normalized spacial score (nSPS) is 17.4. The molecule has 3 rings (SSSR count). The summed E-state index contributed by atoms with van der Waals surface area (Å²) in [7, 11) is 0. The van der Waals surface area contributed by atoms with Gasteiger partial charge in [0.05, 0.1) is 0 Å². The molecule has 0 aromatic heterocycles. The number of halogens is 1. The predicted molar refractivity (Wildman–Crippen MR) is 107 cm³/mol. The molecule has 2 amide bonds. The minimum absolute atomic E-state index is 0.242. The van der Waals surface area contributed by atoms with Crippen LogP contribution in [-0.4, -0.2) is 34.4 Å². The molecule has 1 saturated heterocycles. The first-order valence-electron chi connectivity index (χ1n) is 9.30. The Labute approximate surface area is 169 Å². The fourth-order valence-electron chi connectivity index (χ4n) is 3.50. The van der Waals surface area contributed by atoms with E-state index in [1.807, 2.05) is 12.1 Å². The second kappa shape index (κ2) is 9.19. The van der Waals surface area contributed by atoms with Gasteiger partial charge < -0.3 is 21.1 Å². The van der Waals surface area contributed by atoms with E-state index in [4.69, 9.17) is 17.3 Å². The maximum Gasteiger partial charge on any atom is 0.256 e. The summed E-state index contributed by atoms with van der Waals surface area (Å²) in [6.07, 6.45) is 0.0148. The zero-order valence-electron chi connectivity index (χ0n) is 15.5. The standard InChI is InChI=1S/C21H24ClN3O3/c22-17-9-8-15(12-23)16(11-17)13-24-20(27)18-7-4-10-25(18)21(28)19(26)14-5-2-1-3-6-14/h1-3,5-6,8-9,11,18-19,26H,4,7,10,12-13,23H2,(H,24,27)/t18-,19+/m0/s1. The van der Waals surface area contributed by atoms with Crippen molar-refractivity contribution in [1.82, 2.24) is 10.2 Å². The molecule has 0 radical (unpaired) electrons. The van der Waals surface area contributed by atoms with Crippen LogP contribution < -0.4 is 11.1 Å². The van der Waals surface area contributed by atoms with Crippen molar-refractivity contribution in [3.8, 4) is 0 Å². The highest BCUT2D eigenvalue weighted by atomic mass is 35.5. The highest BCUT2D eigenvalue weighted by Crippen LogP contribution is 2.24. The Balaban J connectivity index is 1.66. The SMILES string of the molecule is NCc1ccc(Cl)cc1CNC(=O)[C@@H]1CCCN1C(=O)[C@H](O)c1ccccc1. The number of aliphatic hydroxyl groups excluding tert-OH is 1. The molecular formula is C21H24ClN3O3. The van der Waals surface area contributed by atoms with Gasteiger partial charge in [-0.1, -0.05) is 48.0 Å². The van der Waals surface area contributed by atoms with Gasteiger partial charge >= 0.3 is 0 Å². The van der Waals surface area contributed by atoms with E-state index < -0.39 is 18.1 Å². The first-order valence-corrected chi connectivity index (χ1v) is 9.67. The van der Waals surface area contributed by atoms with Crippen LogP contribution in [0.5, 0.6) is 0 Å². The Hall–Kier alpha value is -2.41. The first kappa shape index (κ1) is 20.3. The third kappa shape index (κ3) is 4.52. The van der Waals surface area contributed by atoms with Gasteiger partial charge in [-0.05, 0) is 41.7 Å². The largest absolute Gasteiger partial charge is 0.378 e. The van der Waals surface area contributed by atoms with Gasteiger partial charge in [0.2, 0.25) is 5.91 Å². The van der Waals surface area contributed by atoms with Crippen LogP contribution in [0.3, 0.4) is 0 Å². The Morgan fingerprint density at radius 2 is 1.96 bits per heavy atom. The van der Waals surface area contributed by atoms with E-state index in [2.05, 4.69) is 5.32 Å². The number of carbonyl (C=O) groups excluding carboxylic acids is 2. The van der Waals surface area contributed by atoms with Crippen LogP contribution in [0, 0.1) is 0 Å². The average molecular weight is 402 g/mol. The molecule has 2 aromatic carbocycles. The summed E-state index contributed by atoms with van der Waals surface area (Å²) >= 11 is 6.04. The van der Waals surface area contributed by atoms with Gasteiger partial charge in [0.25, 0.3) is 5.91 Å². The number of nitrogens with two attached hydrogens (primary N) is 1. The Bertz CT molecular complexity index is 844. The number of nitrogens with zero attached hydrogens (tertiary/aromatic N) is 1. The van der Waals surface area contributed by atoms with Crippen molar-refractivity contribution in [1.29, 1.82) is 0 Å². The fraction of sp³-hybridized carbons (Fsp3) is 0.333. The quantitative estimate of drug-likeness (QED) is 0.691. The maximum absolute atomic E-state index is 12.7. The number of hydrogen-bond acceptors (Lipinski definition) is 4. The Morgan fingerprint density at radius 1 is 1.21 bits per heavy atom. The smallest absolute Gasteiger partial charge is 0.256 e. The zero-order chi connectivity index (χ0) is 20.1. The summed E-state index contributed by atoms with van der Waals surface area (Å²) < 4.78 is 0. The number of nitrogens with one attached hydrogen (secondary N) is 1. The van der Waals surface area contributed by atoms with Gasteiger partial charge in [-0.15, -0.1) is 0 Å². The molecule has 28 heavy (non-hydrogen) atoms. The number of amides is 2. The highest BCUT2D eigenvalue weighted by molar-refractivity contribution is 6.30. The third-order valence-corrected chi connectivity index (χ3v) is 5.26. The molecule has 4 N–H and O–H groups in total. The van der Waals surface area contributed by atoms with Crippen LogP contribution in [0.25, 0.3) is 0 Å². The lowest BCUT2D eigenvalue weighted by atomic mass is 10.1. The summed E-state index contributed by atoms with van der Waals surface area (Å²) in [6, 6.07) is 13.5. The highest BCUT2D eigenvalue weighted by Gasteiger charge is 2.36. The van der Waals surface area contributed by atoms with Gasteiger partial charge in [-0.3, -0.25) is 9.59 Å². The van der Waals surface area contributed by atoms with Crippen molar-refractivity contribution in [3.63, 3.8) is 0 Å². The van der Waals surface area contributed by atoms with E-state index in [1.165, 1.54) is 4.90 Å². The third-order valence-electron chi connectivity index (χ3n) is 5.03. The lowest BCUT2D eigenvalue weighted by molar-refractivity contribution is -0.145. The first-order chi connectivity index (χ1) is 13.5. The molecule has 1 fully saturated rings. The molecule has 2 aromatic rings. The molecular weight excluding hydrogens is 378 g/mol. The van der Waals surface area contributed by atoms with Crippen LogP contribution in [0.4, 0.5) is 0 Å². The topological polar surface area (TPSA) is 95.7 Å². The van der Waals surface area contributed by atoms with Crippen molar-refractivity contribution >= 4 is 23.4 Å². The molecule has 2 atom stereocenters. The summed E-state index contributed by atoms with van der Waals surface area (Å²) in [6.45, 7) is 1.08. The zero-order valence-corrected chi connectivity index (χ0v) is 16.2. The number of carbonyl (C=O) groups is 2. The molecule has 6 nitrogen and oxygen atoms in total. The average Bonchev–Trinajstić information content (AvgIpc) is 3.21. The second-order valence-corrected chi connectivity index (χ2v) is 7.27. The number of aliphatic hydroxyl groups is 1. The molecule has 7 heteroatoms. The van der Waals surface area contributed by atoms with Crippen LogP contribution in [0.15, 0.2) is 48.5 Å². The van der Waals surface area contributed by atoms with E-state index >= 15 is 0 Å². The summed E-state index contributed by atoms with van der Waals surface area (Å²) in [4.78, 5) is 26.9. The minimum Gasteiger partial charge on any atom is -0.378 e. The van der Waals surface area contributed by atoms with Crippen molar-refractivity contribution in [2.45, 2.75) is 38.1 Å². The molecule has 0 bridgehead atoms. The van der Waals surface area contributed by atoms with Crippen LogP contribution >= 0.6 is 11.6 Å². The lowest BCUT2D eigenvalue weighted by Gasteiger charge is -2.26. The summed E-state index contributed by atoms with van der Waals surface area (Å²) in [5.41, 5.74) is 8.02. The summed E-state index contributed by atoms with van der Waals surface area (Å²) in [5, 5.41) is 13.9. The number of likely N-dealkylation sites (tertiary alicyclic amines) is 1. The van der Waals surface area contributed by atoms with E-state index in [1.54, 1.807) is 36.4 Å². The van der Waals surface area contributed by atoms with Gasteiger partial charge in [0, 0.05) is 24.7 Å². The van der Waals surface area contributed by atoms with Gasteiger partial charge in [-0.2, -0.15) is 0 Å². The van der Waals surface area contributed by atoms with E-state index in [0.29, 0.717) is 30.1 Å². The second-order valence-electron chi connectivity index (χ2n) is 6.84. The van der Waals surface area contributed by atoms with Crippen molar-refractivity contribution in [2.75, 3.05) is 6.54 Å². The lowest BCUT2D eigenvalue weighted by Crippen LogP contribution is -2.47. The molecule has 0 spiro atoms. The number of hydrogen-bond donors (Lipinski definition) is 3. The number of benzene rings is 2. The number of rotatable bonds is 6. The van der Waals surface area contributed by atoms with Crippen molar-refractivity contribution in [3.05, 3.63) is 70.2 Å². The van der Waals surface area contributed by atoms with Gasteiger partial charge in [0.1, 0.15) is 6.04 Å². The van der Waals surface area contributed by atoms with Crippen molar-refractivity contribution < 1.29 is 14.7 Å². The van der Waals surface area contributed by atoms with Gasteiger partial charge in [0.15, 0.2) is 6.10 Å². The Kier molecular flexibility index (Phi) is 6.67. The molecule has 148 valence electrons. The fourth-order valence-corrected chi connectivity index (χ4v) is 3.69. The van der Waals surface area contributed by atoms with Gasteiger partial charge in [-0.25, -0.2) is 0 Å². The maximum atomic E-state index is 12.7. The molecule has 0 saturated carbocycles. The molecule has 0 aliphatic carbocycles. The van der Waals surface area contributed by atoms with E-state index in [-0.39, 0.29) is 12.5 Å². The Morgan fingerprint density at radius 3 is 2.68 bits per heavy atom. The minimum atomic E-state index is -1.27. The van der Waals surface area contributed by atoms with E-state index in [0.717, 1.165) is 17.5 Å². The van der Waals surface area contributed by atoms with Crippen LogP contribution in [0.1, 0.15) is 35.6 Å². The molecule has 1 aliphatic rings. The monoisotopic (exact) mass is 401 g/mol. The van der Waals surface area contributed by atoms with Crippen LogP contribution in [-0.2, 0) is 22.7 Å². The van der Waals surface area contributed by atoms with Crippen molar-refractivity contribution in [2.24, 2.45) is 5.73 Å². The molecule has 1 heterocycles. The molecule has 0 unspecified atom stereocenters. The van der Waals surface area contributed by atoms with E-state index in [9.17, 15) is 14.7 Å². The molecule has 1 aliphatic heterocycles. The summed E-state index contributed by atoms with van der Waals surface area (Å²) in [5.74, 6) is -0.691. The predicted octanol–water partition coefficient (Wildman–Crippen LogP) is 2.14. The van der Waals surface area contributed by atoms with Crippen LogP contribution in [0.2, 0.25) is 5.02 Å².